The Bertz CT molecular complexity index is 1310. The standard InChI is InChI=1S/C28H31N3O3/c1-18(2)21-7-10-23(11-8-21)31-19(3)30-24-17-22(9-12-25(24)31)28(32)29-15-14-20-6-13-26(33-4)27(16-20)34-5/h6-13,16-18H,14-15H2,1-5H3,(H,29,32). The van der Waals surface area contributed by atoms with E-state index in [0.717, 1.165) is 28.1 Å². The second kappa shape index (κ2) is 10.00. The van der Waals surface area contributed by atoms with Crippen LogP contribution in [0.1, 0.15) is 47.1 Å². The highest BCUT2D eigenvalue weighted by Gasteiger charge is 2.13. The number of benzene rings is 3. The molecule has 0 radical (unpaired) electrons. The van der Waals surface area contributed by atoms with E-state index in [9.17, 15) is 4.79 Å². The van der Waals surface area contributed by atoms with Crippen LogP contribution < -0.4 is 14.8 Å². The average molecular weight is 458 g/mol. The van der Waals surface area contributed by atoms with E-state index < -0.39 is 0 Å². The number of amides is 1. The third-order valence-electron chi connectivity index (χ3n) is 6.05. The lowest BCUT2D eigenvalue weighted by Gasteiger charge is -2.11. The third-order valence-corrected chi connectivity index (χ3v) is 6.05. The molecule has 3 aromatic carbocycles. The van der Waals surface area contributed by atoms with Crippen molar-refractivity contribution in [1.29, 1.82) is 0 Å². The number of nitrogens with one attached hydrogen (secondary N) is 1. The minimum atomic E-state index is -0.115. The number of hydrogen-bond donors (Lipinski definition) is 1. The van der Waals surface area contributed by atoms with Crippen molar-refractivity contribution in [2.24, 2.45) is 0 Å². The maximum absolute atomic E-state index is 12.8. The van der Waals surface area contributed by atoms with E-state index in [4.69, 9.17) is 14.5 Å². The molecule has 1 amide bonds. The Labute approximate surface area is 200 Å². The molecule has 0 aliphatic rings. The molecule has 4 rings (SSSR count). The molecule has 0 aliphatic heterocycles. The molecule has 0 spiro atoms. The molecular formula is C28H31N3O3. The lowest BCUT2D eigenvalue weighted by Crippen LogP contribution is -2.25. The van der Waals surface area contributed by atoms with Gasteiger partial charge in [-0.05, 0) is 72.9 Å². The van der Waals surface area contributed by atoms with Crippen LogP contribution in [0.3, 0.4) is 0 Å². The van der Waals surface area contributed by atoms with Crippen molar-refractivity contribution in [2.75, 3.05) is 20.8 Å². The third kappa shape index (κ3) is 4.76. The molecule has 1 heterocycles. The largest absolute Gasteiger partial charge is 0.493 e. The second-order valence-corrected chi connectivity index (χ2v) is 8.64. The first-order chi connectivity index (χ1) is 16.4. The SMILES string of the molecule is COc1ccc(CCNC(=O)c2ccc3c(c2)nc(C)n3-c2ccc(C(C)C)cc2)cc1OC. The molecule has 176 valence electrons. The Morgan fingerprint density at radius 3 is 2.38 bits per heavy atom. The number of carbonyl (C=O) groups is 1. The van der Waals surface area contributed by atoms with Crippen LogP contribution in [0, 0.1) is 6.92 Å². The highest BCUT2D eigenvalue weighted by Crippen LogP contribution is 2.28. The van der Waals surface area contributed by atoms with Crippen molar-refractivity contribution in [3.8, 4) is 17.2 Å². The molecular weight excluding hydrogens is 426 g/mol. The number of hydrogen-bond acceptors (Lipinski definition) is 4. The van der Waals surface area contributed by atoms with Gasteiger partial charge in [0, 0.05) is 17.8 Å². The van der Waals surface area contributed by atoms with Gasteiger partial charge >= 0.3 is 0 Å². The van der Waals surface area contributed by atoms with Crippen molar-refractivity contribution in [3.05, 3.63) is 83.2 Å². The fraction of sp³-hybridized carbons (Fsp3) is 0.286. The first kappa shape index (κ1) is 23.4. The number of carbonyl (C=O) groups excluding carboxylic acids is 1. The summed E-state index contributed by atoms with van der Waals surface area (Å²) in [4.78, 5) is 17.5. The maximum Gasteiger partial charge on any atom is 0.251 e. The van der Waals surface area contributed by atoms with E-state index >= 15 is 0 Å². The fourth-order valence-electron chi connectivity index (χ4n) is 4.13. The van der Waals surface area contributed by atoms with Crippen LogP contribution in [0.15, 0.2) is 60.7 Å². The number of fused-ring (bicyclic) bond motifs is 1. The molecule has 6 nitrogen and oxygen atoms in total. The summed E-state index contributed by atoms with van der Waals surface area (Å²) in [6.45, 7) is 6.88. The number of aromatic nitrogens is 2. The quantitative estimate of drug-likeness (QED) is 0.382. The average Bonchev–Trinajstić information content (AvgIpc) is 3.18. The lowest BCUT2D eigenvalue weighted by molar-refractivity contribution is 0.0954. The van der Waals surface area contributed by atoms with Gasteiger partial charge in [0.2, 0.25) is 0 Å². The van der Waals surface area contributed by atoms with Crippen molar-refractivity contribution in [3.63, 3.8) is 0 Å². The summed E-state index contributed by atoms with van der Waals surface area (Å²) in [5.41, 5.74) is 5.81. The predicted molar refractivity (Wildman–Crippen MR) is 135 cm³/mol. The number of nitrogens with zero attached hydrogens (tertiary/aromatic N) is 2. The second-order valence-electron chi connectivity index (χ2n) is 8.64. The topological polar surface area (TPSA) is 65.4 Å². The van der Waals surface area contributed by atoms with Gasteiger partial charge in [0.05, 0.1) is 25.3 Å². The molecule has 4 aromatic rings. The minimum Gasteiger partial charge on any atom is -0.493 e. The van der Waals surface area contributed by atoms with Crippen molar-refractivity contribution < 1.29 is 14.3 Å². The molecule has 0 fully saturated rings. The molecule has 0 bridgehead atoms. The van der Waals surface area contributed by atoms with Gasteiger partial charge in [-0.25, -0.2) is 4.98 Å². The summed E-state index contributed by atoms with van der Waals surface area (Å²) >= 11 is 0. The van der Waals surface area contributed by atoms with Crippen molar-refractivity contribution >= 4 is 16.9 Å². The van der Waals surface area contributed by atoms with E-state index in [1.807, 2.05) is 43.3 Å². The number of ether oxygens (including phenoxy) is 2. The fourth-order valence-corrected chi connectivity index (χ4v) is 4.13. The predicted octanol–water partition coefficient (Wildman–Crippen LogP) is 5.45. The van der Waals surface area contributed by atoms with Crippen molar-refractivity contribution in [2.45, 2.75) is 33.1 Å². The molecule has 6 heteroatoms. The van der Waals surface area contributed by atoms with Gasteiger partial charge in [-0.3, -0.25) is 9.36 Å². The van der Waals surface area contributed by atoms with Gasteiger partial charge < -0.3 is 14.8 Å². The van der Waals surface area contributed by atoms with Gasteiger partial charge in [-0.2, -0.15) is 0 Å². The van der Waals surface area contributed by atoms with E-state index in [1.54, 1.807) is 14.2 Å². The number of methoxy groups -OCH3 is 2. The van der Waals surface area contributed by atoms with Crippen LogP contribution in [0.25, 0.3) is 16.7 Å². The monoisotopic (exact) mass is 457 g/mol. The Kier molecular flexibility index (Phi) is 6.87. The Balaban J connectivity index is 1.47. The van der Waals surface area contributed by atoms with Gasteiger partial charge in [-0.1, -0.05) is 32.0 Å². The highest BCUT2D eigenvalue weighted by molar-refractivity contribution is 5.97. The van der Waals surface area contributed by atoms with E-state index in [0.29, 0.717) is 35.9 Å². The molecule has 0 atom stereocenters. The van der Waals surface area contributed by atoms with Gasteiger partial charge in [0.25, 0.3) is 5.91 Å². The summed E-state index contributed by atoms with van der Waals surface area (Å²) in [6, 6.07) is 20.0. The summed E-state index contributed by atoms with van der Waals surface area (Å²) in [5.74, 6) is 2.63. The normalized spacial score (nSPS) is 11.1. The molecule has 0 saturated carbocycles. The minimum absolute atomic E-state index is 0.115. The van der Waals surface area contributed by atoms with Gasteiger partial charge in [0.1, 0.15) is 5.82 Å². The van der Waals surface area contributed by atoms with Crippen LogP contribution >= 0.6 is 0 Å². The van der Waals surface area contributed by atoms with Gasteiger partial charge in [0.15, 0.2) is 11.5 Å². The van der Waals surface area contributed by atoms with E-state index in [-0.39, 0.29) is 5.91 Å². The number of rotatable bonds is 8. The summed E-state index contributed by atoms with van der Waals surface area (Å²) < 4.78 is 12.8. The van der Waals surface area contributed by atoms with Crippen LogP contribution in [-0.4, -0.2) is 36.2 Å². The molecule has 0 saturated heterocycles. The van der Waals surface area contributed by atoms with E-state index in [2.05, 4.69) is 48.0 Å². The summed E-state index contributed by atoms with van der Waals surface area (Å²) in [7, 11) is 3.23. The Morgan fingerprint density at radius 2 is 1.71 bits per heavy atom. The molecule has 0 aliphatic carbocycles. The Morgan fingerprint density at radius 1 is 0.971 bits per heavy atom. The highest BCUT2D eigenvalue weighted by atomic mass is 16.5. The number of imidazole rings is 1. The van der Waals surface area contributed by atoms with Gasteiger partial charge in [-0.15, -0.1) is 0 Å². The Hall–Kier alpha value is -3.80. The smallest absolute Gasteiger partial charge is 0.251 e. The maximum atomic E-state index is 12.8. The van der Waals surface area contributed by atoms with Crippen LogP contribution in [-0.2, 0) is 6.42 Å². The zero-order chi connectivity index (χ0) is 24.2. The summed E-state index contributed by atoms with van der Waals surface area (Å²) in [5, 5.41) is 3.00. The van der Waals surface area contributed by atoms with Crippen molar-refractivity contribution in [1.82, 2.24) is 14.9 Å². The summed E-state index contributed by atoms with van der Waals surface area (Å²) in [6.07, 6.45) is 0.689. The van der Waals surface area contributed by atoms with Crippen LogP contribution in [0.5, 0.6) is 11.5 Å². The number of aryl methyl sites for hydroxylation is 1. The lowest BCUT2D eigenvalue weighted by atomic mass is 10.0. The van der Waals surface area contributed by atoms with E-state index in [1.165, 1.54) is 5.56 Å². The zero-order valence-electron chi connectivity index (χ0n) is 20.4. The van der Waals surface area contributed by atoms with Crippen LogP contribution in [0.2, 0.25) is 0 Å². The molecule has 34 heavy (non-hydrogen) atoms. The first-order valence-corrected chi connectivity index (χ1v) is 11.5. The van der Waals surface area contributed by atoms with Crippen LogP contribution in [0.4, 0.5) is 0 Å². The molecule has 0 unspecified atom stereocenters. The molecule has 1 aromatic heterocycles. The first-order valence-electron chi connectivity index (χ1n) is 11.5. The zero-order valence-corrected chi connectivity index (χ0v) is 20.4. The molecule has 1 N–H and O–H groups in total.